The highest BCUT2D eigenvalue weighted by Crippen LogP contribution is 2.27. The highest BCUT2D eigenvalue weighted by Gasteiger charge is 2.23. The number of rotatable bonds is 2. The van der Waals surface area contributed by atoms with Crippen LogP contribution in [-0.4, -0.2) is 39.6 Å². The molecule has 0 bridgehead atoms. The van der Waals surface area contributed by atoms with E-state index in [0.29, 0.717) is 16.1 Å². The van der Waals surface area contributed by atoms with Crippen LogP contribution in [0.1, 0.15) is 19.4 Å². The Morgan fingerprint density at radius 2 is 2.11 bits per heavy atom. The molecule has 2 heterocycles. The summed E-state index contributed by atoms with van der Waals surface area (Å²) in [5.41, 5.74) is 6.14. The summed E-state index contributed by atoms with van der Waals surface area (Å²) < 4.78 is 0. The molecule has 3 N–H and O–H groups in total. The van der Waals surface area contributed by atoms with Gasteiger partial charge in [0.05, 0.1) is 0 Å². The first-order valence-corrected chi connectivity index (χ1v) is 6.88. The fraction of sp³-hybridized carbons (Fsp3) is 0.500. The van der Waals surface area contributed by atoms with Crippen molar-refractivity contribution in [3.05, 3.63) is 23.9 Å². The van der Waals surface area contributed by atoms with Gasteiger partial charge < -0.3 is 15.8 Å². The van der Waals surface area contributed by atoms with Gasteiger partial charge in [-0.05, 0) is 12.1 Å². The monoisotopic (exact) mass is 266 g/mol. The van der Waals surface area contributed by atoms with Crippen LogP contribution in [0.2, 0.25) is 0 Å². The molecule has 1 fully saturated rings. The molecular weight excluding hydrogens is 248 g/mol. The van der Waals surface area contributed by atoms with Gasteiger partial charge in [0.15, 0.2) is 5.84 Å². The Morgan fingerprint density at radius 3 is 2.61 bits per heavy atom. The van der Waals surface area contributed by atoms with E-state index in [0.717, 1.165) is 18.9 Å². The molecule has 0 amide bonds. The lowest BCUT2D eigenvalue weighted by Crippen LogP contribution is -2.40. The van der Waals surface area contributed by atoms with Crippen molar-refractivity contribution in [2.75, 3.05) is 18.0 Å². The molecule has 1 saturated heterocycles. The summed E-state index contributed by atoms with van der Waals surface area (Å²) in [4.78, 5) is 6.66. The first kappa shape index (κ1) is 13.0. The van der Waals surface area contributed by atoms with Crippen molar-refractivity contribution in [3.63, 3.8) is 0 Å². The molecule has 0 aliphatic carbocycles. The van der Waals surface area contributed by atoms with Gasteiger partial charge >= 0.3 is 0 Å². The number of pyridine rings is 1. The zero-order chi connectivity index (χ0) is 13.1. The van der Waals surface area contributed by atoms with Crippen molar-refractivity contribution in [3.8, 4) is 0 Å². The van der Waals surface area contributed by atoms with Crippen LogP contribution in [0.25, 0.3) is 0 Å². The van der Waals surface area contributed by atoms with Crippen LogP contribution in [0.4, 0.5) is 5.82 Å². The van der Waals surface area contributed by atoms with E-state index in [2.05, 4.69) is 28.9 Å². The zero-order valence-corrected chi connectivity index (χ0v) is 11.4. The number of hydrogen-bond acceptors (Lipinski definition) is 5. The third-order valence-electron chi connectivity index (χ3n) is 2.89. The molecule has 0 aromatic carbocycles. The molecule has 2 rings (SSSR count). The summed E-state index contributed by atoms with van der Waals surface area (Å²) in [5, 5.41) is 12.8. The molecule has 2 atom stereocenters. The van der Waals surface area contributed by atoms with Gasteiger partial charge in [0.25, 0.3) is 0 Å². The van der Waals surface area contributed by atoms with E-state index in [-0.39, 0.29) is 5.84 Å². The number of nitrogens with zero attached hydrogens (tertiary/aromatic N) is 3. The molecule has 0 spiro atoms. The molecular formula is C12H18N4OS. The van der Waals surface area contributed by atoms with Gasteiger partial charge in [0.2, 0.25) is 0 Å². The van der Waals surface area contributed by atoms with Gasteiger partial charge in [-0.3, -0.25) is 0 Å². The van der Waals surface area contributed by atoms with E-state index in [1.807, 2.05) is 23.9 Å². The maximum atomic E-state index is 8.60. The van der Waals surface area contributed by atoms with Crippen LogP contribution in [0.15, 0.2) is 23.5 Å². The molecule has 0 radical (unpaired) electrons. The fourth-order valence-electron chi connectivity index (χ4n) is 2.15. The fourth-order valence-corrected chi connectivity index (χ4v) is 3.47. The molecule has 1 aliphatic heterocycles. The second kappa shape index (κ2) is 5.48. The smallest absolute Gasteiger partial charge is 0.171 e. The lowest BCUT2D eigenvalue weighted by atomic mass is 10.2. The number of oxime groups is 1. The van der Waals surface area contributed by atoms with Crippen molar-refractivity contribution in [2.24, 2.45) is 10.9 Å². The number of nitrogens with two attached hydrogens (primary N) is 1. The standard InChI is InChI=1S/C12H18N4OS/c1-8-6-16(7-9(2)18-8)11-4-3-10(5-14-11)12(13)15-17/h3-5,8-9,17H,6-7H2,1-2H3,(H2,13,15). The van der Waals surface area contributed by atoms with Gasteiger partial charge in [0, 0.05) is 35.3 Å². The quantitative estimate of drug-likeness (QED) is 0.367. The minimum Gasteiger partial charge on any atom is -0.409 e. The highest BCUT2D eigenvalue weighted by atomic mass is 32.2. The molecule has 2 unspecified atom stereocenters. The van der Waals surface area contributed by atoms with Gasteiger partial charge in [-0.1, -0.05) is 19.0 Å². The average molecular weight is 266 g/mol. The Morgan fingerprint density at radius 1 is 1.44 bits per heavy atom. The number of amidine groups is 1. The first-order chi connectivity index (χ1) is 8.60. The maximum absolute atomic E-state index is 8.60. The summed E-state index contributed by atoms with van der Waals surface area (Å²) in [6.07, 6.45) is 1.64. The SMILES string of the molecule is CC1CN(c2ccc(C(N)=NO)cn2)CC(C)S1. The number of hydrogen-bond donors (Lipinski definition) is 2. The molecule has 1 aromatic heterocycles. The number of aromatic nitrogens is 1. The van der Waals surface area contributed by atoms with Crippen LogP contribution < -0.4 is 10.6 Å². The van der Waals surface area contributed by atoms with Crippen molar-refractivity contribution < 1.29 is 5.21 Å². The van der Waals surface area contributed by atoms with E-state index < -0.39 is 0 Å². The van der Waals surface area contributed by atoms with Crippen LogP contribution in [0.3, 0.4) is 0 Å². The predicted molar refractivity (Wildman–Crippen MR) is 75.5 cm³/mol. The third-order valence-corrected chi connectivity index (χ3v) is 4.12. The van der Waals surface area contributed by atoms with Crippen LogP contribution in [0, 0.1) is 0 Å². The Bertz CT molecular complexity index is 424. The summed E-state index contributed by atoms with van der Waals surface area (Å²) in [6.45, 7) is 6.48. The van der Waals surface area contributed by atoms with E-state index >= 15 is 0 Å². The molecule has 98 valence electrons. The van der Waals surface area contributed by atoms with Crippen LogP contribution >= 0.6 is 11.8 Å². The predicted octanol–water partition coefficient (Wildman–Crippen LogP) is 1.51. The minimum absolute atomic E-state index is 0.0879. The molecule has 6 heteroatoms. The van der Waals surface area contributed by atoms with Crippen molar-refractivity contribution >= 4 is 23.4 Å². The molecule has 5 nitrogen and oxygen atoms in total. The Kier molecular flexibility index (Phi) is 3.96. The summed E-state index contributed by atoms with van der Waals surface area (Å²) in [5.74, 6) is 1.04. The molecule has 18 heavy (non-hydrogen) atoms. The van der Waals surface area contributed by atoms with E-state index in [1.54, 1.807) is 6.20 Å². The van der Waals surface area contributed by atoms with Gasteiger partial charge in [-0.25, -0.2) is 4.98 Å². The number of thioether (sulfide) groups is 1. The second-order valence-corrected chi connectivity index (χ2v) is 6.43. The summed E-state index contributed by atoms with van der Waals surface area (Å²) in [6, 6.07) is 3.75. The van der Waals surface area contributed by atoms with Crippen molar-refractivity contribution in [1.82, 2.24) is 4.98 Å². The Balaban J connectivity index is 2.14. The molecule has 1 aliphatic rings. The third kappa shape index (κ3) is 2.87. The van der Waals surface area contributed by atoms with E-state index in [1.165, 1.54) is 0 Å². The first-order valence-electron chi connectivity index (χ1n) is 5.94. The molecule has 0 saturated carbocycles. The lowest BCUT2D eigenvalue weighted by Gasteiger charge is -2.35. The largest absolute Gasteiger partial charge is 0.409 e. The maximum Gasteiger partial charge on any atom is 0.171 e. The second-order valence-electron chi connectivity index (χ2n) is 4.55. The number of anilines is 1. The summed E-state index contributed by atoms with van der Waals surface area (Å²) in [7, 11) is 0. The van der Waals surface area contributed by atoms with Crippen molar-refractivity contribution in [1.29, 1.82) is 0 Å². The highest BCUT2D eigenvalue weighted by molar-refractivity contribution is 8.00. The summed E-state index contributed by atoms with van der Waals surface area (Å²) >= 11 is 2.01. The van der Waals surface area contributed by atoms with Gasteiger partial charge in [-0.15, -0.1) is 0 Å². The average Bonchev–Trinajstić information content (AvgIpc) is 2.37. The normalized spacial score (nSPS) is 25.2. The Hall–Kier alpha value is -1.43. The minimum atomic E-state index is 0.0879. The lowest BCUT2D eigenvalue weighted by molar-refractivity contribution is 0.318. The Labute approximate surface area is 111 Å². The van der Waals surface area contributed by atoms with Crippen LogP contribution in [0.5, 0.6) is 0 Å². The van der Waals surface area contributed by atoms with E-state index in [4.69, 9.17) is 10.9 Å². The van der Waals surface area contributed by atoms with Gasteiger partial charge in [0.1, 0.15) is 5.82 Å². The van der Waals surface area contributed by atoms with Gasteiger partial charge in [-0.2, -0.15) is 11.8 Å². The van der Waals surface area contributed by atoms with Crippen molar-refractivity contribution in [2.45, 2.75) is 24.3 Å². The molecule has 1 aromatic rings. The topological polar surface area (TPSA) is 74.7 Å². The van der Waals surface area contributed by atoms with E-state index in [9.17, 15) is 0 Å². The zero-order valence-electron chi connectivity index (χ0n) is 10.6. The van der Waals surface area contributed by atoms with Crippen LogP contribution in [-0.2, 0) is 0 Å².